The molecule has 1 aliphatic rings. The molecule has 2 heterocycles. The molecule has 1 aliphatic heterocycles. The second-order valence-corrected chi connectivity index (χ2v) is 7.64. The maximum atomic E-state index is 13.0. The van der Waals surface area contributed by atoms with Crippen LogP contribution in [0.2, 0.25) is 0 Å². The highest BCUT2D eigenvalue weighted by Gasteiger charge is 2.30. The maximum absolute atomic E-state index is 13.0. The van der Waals surface area contributed by atoms with Crippen molar-refractivity contribution >= 4 is 17.6 Å². The predicted octanol–water partition coefficient (Wildman–Crippen LogP) is 2.57. The number of rotatable bonds is 6. The first kappa shape index (κ1) is 20.8. The molecule has 7 nitrogen and oxygen atoms in total. The Morgan fingerprint density at radius 1 is 1.00 bits per heavy atom. The minimum Gasteiger partial charge on any atom is -0.338 e. The van der Waals surface area contributed by atoms with Crippen LogP contribution in [0.1, 0.15) is 19.4 Å². The molecule has 0 bridgehead atoms. The topological polar surface area (TPSA) is 77.6 Å². The first-order chi connectivity index (χ1) is 14.0. The van der Waals surface area contributed by atoms with Crippen LogP contribution in [0.5, 0.6) is 0 Å². The molecule has 2 N–H and O–H groups in total. The van der Waals surface area contributed by atoms with Crippen molar-refractivity contribution in [3.05, 3.63) is 60.4 Å². The maximum Gasteiger partial charge on any atom is 0.319 e. The summed E-state index contributed by atoms with van der Waals surface area (Å²) in [6.07, 6.45) is 3.60. The van der Waals surface area contributed by atoms with Crippen molar-refractivity contribution in [1.82, 2.24) is 20.1 Å². The number of anilines is 1. The van der Waals surface area contributed by atoms with E-state index < -0.39 is 6.04 Å². The standard InChI is InChI=1S/C22H29N5O2/c1-17(2)20(25-22(29)24-19-6-4-3-5-7-19)21(28)27-14-12-26(13-15-27)16-18-8-10-23-11-9-18/h3-11,17,20H,12-16H2,1-2H3,(H2,24,25,29). The third-order valence-electron chi connectivity index (χ3n) is 5.09. The fourth-order valence-corrected chi connectivity index (χ4v) is 3.41. The Morgan fingerprint density at radius 3 is 2.28 bits per heavy atom. The molecular formula is C22H29N5O2. The summed E-state index contributed by atoms with van der Waals surface area (Å²) in [6.45, 7) is 7.71. The zero-order valence-corrected chi connectivity index (χ0v) is 17.0. The molecule has 1 saturated heterocycles. The molecule has 0 aliphatic carbocycles. The van der Waals surface area contributed by atoms with Crippen LogP contribution in [0, 0.1) is 5.92 Å². The van der Waals surface area contributed by atoms with Gasteiger partial charge in [-0.2, -0.15) is 0 Å². The molecule has 1 fully saturated rings. The molecule has 2 aromatic rings. The minimum atomic E-state index is -0.551. The van der Waals surface area contributed by atoms with Gasteiger partial charge in [0.15, 0.2) is 0 Å². The van der Waals surface area contributed by atoms with Crippen molar-refractivity contribution in [2.45, 2.75) is 26.4 Å². The minimum absolute atomic E-state index is 0.00104. The second kappa shape index (κ2) is 10.0. The van der Waals surface area contributed by atoms with Crippen LogP contribution in [0.15, 0.2) is 54.9 Å². The number of hydrogen-bond donors (Lipinski definition) is 2. The second-order valence-electron chi connectivity index (χ2n) is 7.64. The Bertz CT molecular complexity index is 789. The van der Waals surface area contributed by atoms with E-state index in [0.29, 0.717) is 18.8 Å². The van der Waals surface area contributed by atoms with E-state index in [4.69, 9.17) is 0 Å². The molecule has 0 spiro atoms. The van der Waals surface area contributed by atoms with Gasteiger partial charge in [0.05, 0.1) is 0 Å². The number of aromatic nitrogens is 1. The lowest BCUT2D eigenvalue weighted by Gasteiger charge is -2.37. The van der Waals surface area contributed by atoms with Gasteiger partial charge in [0.25, 0.3) is 0 Å². The smallest absolute Gasteiger partial charge is 0.319 e. The van der Waals surface area contributed by atoms with Crippen molar-refractivity contribution in [3.63, 3.8) is 0 Å². The van der Waals surface area contributed by atoms with E-state index in [-0.39, 0.29) is 17.9 Å². The van der Waals surface area contributed by atoms with Gasteiger partial charge in [0, 0.05) is 50.8 Å². The normalized spacial score (nSPS) is 15.8. The highest BCUT2D eigenvalue weighted by atomic mass is 16.2. The Morgan fingerprint density at radius 2 is 1.66 bits per heavy atom. The first-order valence-electron chi connectivity index (χ1n) is 10.1. The van der Waals surface area contributed by atoms with E-state index in [0.717, 1.165) is 19.6 Å². The van der Waals surface area contributed by atoms with Crippen LogP contribution in [0.3, 0.4) is 0 Å². The van der Waals surface area contributed by atoms with Crippen molar-refractivity contribution in [2.75, 3.05) is 31.5 Å². The van der Waals surface area contributed by atoms with Crippen molar-refractivity contribution in [2.24, 2.45) is 5.92 Å². The van der Waals surface area contributed by atoms with E-state index in [2.05, 4.69) is 20.5 Å². The van der Waals surface area contributed by atoms with Crippen LogP contribution < -0.4 is 10.6 Å². The molecule has 1 aromatic heterocycles. The highest BCUT2D eigenvalue weighted by Crippen LogP contribution is 2.13. The number of carbonyl (C=O) groups is 2. The predicted molar refractivity (Wildman–Crippen MR) is 113 cm³/mol. The van der Waals surface area contributed by atoms with E-state index in [9.17, 15) is 9.59 Å². The Balaban J connectivity index is 1.52. The number of benzene rings is 1. The van der Waals surface area contributed by atoms with Crippen molar-refractivity contribution in [3.8, 4) is 0 Å². The van der Waals surface area contributed by atoms with E-state index >= 15 is 0 Å². The number of pyridine rings is 1. The summed E-state index contributed by atoms with van der Waals surface area (Å²) in [6, 6.07) is 12.3. The van der Waals surface area contributed by atoms with Crippen LogP contribution in [-0.4, -0.2) is 58.9 Å². The third kappa shape index (κ3) is 6.02. The van der Waals surface area contributed by atoms with Crippen LogP contribution in [0.4, 0.5) is 10.5 Å². The Labute approximate surface area is 172 Å². The average Bonchev–Trinajstić information content (AvgIpc) is 2.73. The Hall–Kier alpha value is -2.93. The zero-order chi connectivity index (χ0) is 20.6. The number of nitrogens with one attached hydrogen (secondary N) is 2. The number of carbonyl (C=O) groups excluding carboxylic acids is 2. The van der Waals surface area contributed by atoms with Gasteiger partial charge in [-0.1, -0.05) is 32.0 Å². The van der Waals surface area contributed by atoms with E-state index in [1.54, 1.807) is 12.4 Å². The van der Waals surface area contributed by atoms with Gasteiger partial charge in [-0.05, 0) is 35.7 Å². The molecule has 1 unspecified atom stereocenters. The Kier molecular flexibility index (Phi) is 7.19. The molecule has 0 radical (unpaired) electrons. The van der Waals surface area contributed by atoms with Gasteiger partial charge >= 0.3 is 6.03 Å². The SMILES string of the molecule is CC(C)C(NC(=O)Nc1ccccc1)C(=O)N1CCN(Cc2ccncc2)CC1. The first-order valence-corrected chi connectivity index (χ1v) is 10.1. The molecule has 154 valence electrons. The summed E-state index contributed by atoms with van der Waals surface area (Å²) in [5.41, 5.74) is 1.92. The summed E-state index contributed by atoms with van der Waals surface area (Å²) in [7, 11) is 0. The molecule has 7 heteroatoms. The van der Waals surface area contributed by atoms with Crippen molar-refractivity contribution < 1.29 is 9.59 Å². The number of piperazine rings is 1. The summed E-state index contributed by atoms with van der Waals surface area (Å²) < 4.78 is 0. The van der Waals surface area contributed by atoms with Gasteiger partial charge in [-0.3, -0.25) is 14.7 Å². The van der Waals surface area contributed by atoms with Crippen LogP contribution in [0.25, 0.3) is 0 Å². The molecule has 0 saturated carbocycles. The lowest BCUT2D eigenvalue weighted by atomic mass is 10.0. The number of hydrogen-bond acceptors (Lipinski definition) is 4. The molecule has 1 atom stereocenters. The van der Waals surface area contributed by atoms with E-state index in [1.165, 1.54) is 5.56 Å². The molecule has 29 heavy (non-hydrogen) atoms. The fraction of sp³-hybridized carbons (Fsp3) is 0.409. The molecule has 3 rings (SSSR count). The molecule has 1 aromatic carbocycles. The van der Waals surface area contributed by atoms with Gasteiger partial charge < -0.3 is 15.5 Å². The largest absolute Gasteiger partial charge is 0.338 e. The number of amides is 3. The van der Waals surface area contributed by atoms with E-state index in [1.807, 2.05) is 61.2 Å². The zero-order valence-electron chi connectivity index (χ0n) is 17.0. The number of urea groups is 1. The number of para-hydroxylation sites is 1. The highest BCUT2D eigenvalue weighted by molar-refractivity contribution is 5.93. The fourth-order valence-electron chi connectivity index (χ4n) is 3.41. The van der Waals surface area contributed by atoms with Crippen molar-refractivity contribution in [1.29, 1.82) is 0 Å². The van der Waals surface area contributed by atoms with Gasteiger partial charge in [-0.15, -0.1) is 0 Å². The molecule has 3 amide bonds. The monoisotopic (exact) mass is 395 g/mol. The third-order valence-corrected chi connectivity index (χ3v) is 5.09. The summed E-state index contributed by atoms with van der Waals surface area (Å²) in [5.74, 6) is -0.0226. The summed E-state index contributed by atoms with van der Waals surface area (Å²) >= 11 is 0. The van der Waals surface area contributed by atoms with Gasteiger partial charge in [0.1, 0.15) is 6.04 Å². The average molecular weight is 396 g/mol. The lowest BCUT2D eigenvalue weighted by molar-refractivity contribution is -0.136. The van der Waals surface area contributed by atoms with Gasteiger partial charge in [0.2, 0.25) is 5.91 Å². The van der Waals surface area contributed by atoms with Crippen LogP contribution >= 0.6 is 0 Å². The summed E-state index contributed by atoms with van der Waals surface area (Å²) in [4.78, 5) is 33.7. The number of nitrogens with zero attached hydrogens (tertiary/aromatic N) is 3. The van der Waals surface area contributed by atoms with Crippen LogP contribution in [-0.2, 0) is 11.3 Å². The van der Waals surface area contributed by atoms with Gasteiger partial charge in [-0.25, -0.2) is 4.79 Å². The summed E-state index contributed by atoms with van der Waals surface area (Å²) in [5, 5.41) is 5.64. The quantitative estimate of drug-likeness (QED) is 0.788. The molecular weight excluding hydrogens is 366 g/mol. The lowest BCUT2D eigenvalue weighted by Crippen LogP contribution is -2.56.